The molecule has 1 amide bonds. The van der Waals surface area contributed by atoms with Crippen LogP contribution in [0.1, 0.15) is 11.1 Å². The fourth-order valence-corrected chi connectivity index (χ4v) is 2.99. The highest BCUT2D eigenvalue weighted by Gasteiger charge is 2.12. The molecule has 0 aromatic heterocycles. The minimum atomic E-state index is -0.490. The fraction of sp³-hybridized carbons (Fsp3) is 0.0435. The van der Waals surface area contributed by atoms with Gasteiger partial charge in [-0.1, -0.05) is 63.9 Å². The van der Waals surface area contributed by atoms with E-state index in [1.807, 2.05) is 48.5 Å². The van der Waals surface area contributed by atoms with Crippen LogP contribution in [0.15, 0.2) is 82.8 Å². The second-order valence-electron chi connectivity index (χ2n) is 6.05. The van der Waals surface area contributed by atoms with Gasteiger partial charge < -0.3 is 10.1 Å². The molecule has 3 aromatic rings. The van der Waals surface area contributed by atoms with E-state index in [1.54, 1.807) is 30.3 Å². The Hall–Kier alpha value is -3.07. The van der Waals surface area contributed by atoms with Crippen LogP contribution in [0.2, 0.25) is 5.02 Å². The second-order valence-corrected chi connectivity index (χ2v) is 7.37. The van der Waals surface area contributed by atoms with E-state index in [4.69, 9.17) is 16.3 Å². The zero-order valence-electron chi connectivity index (χ0n) is 15.2. The summed E-state index contributed by atoms with van der Waals surface area (Å²) in [6.07, 6.45) is 1.51. The first kappa shape index (κ1) is 20.7. The first-order valence-corrected chi connectivity index (χ1v) is 9.88. The van der Waals surface area contributed by atoms with Crippen molar-refractivity contribution in [2.45, 2.75) is 6.61 Å². The number of hydrogen-bond acceptors (Lipinski definition) is 3. The van der Waals surface area contributed by atoms with E-state index in [1.165, 1.54) is 6.08 Å². The molecule has 0 aliphatic rings. The van der Waals surface area contributed by atoms with Crippen LogP contribution < -0.4 is 10.1 Å². The number of amides is 1. The third-order valence-corrected chi connectivity index (χ3v) is 4.92. The van der Waals surface area contributed by atoms with Crippen LogP contribution >= 0.6 is 27.5 Å². The summed E-state index contributed by atoms with van der Waals surface area (Å²) < 4.78 is 6.78. The summed E-state index contributed by atoms with van der Waals surface area (Å²) in [5.74, 6) is 0.0624. The van der Waals surface area contributed by atoms with Crippen molar-refractivity contribution < 1.29 is 9.53 Å². The van der Waals surface area contributed by atoms with E-state index in [9.17, 15) is 10.1 Å². The Kier molecular flexibility index (Phi) is 7.07. The number of halogens is 2. The molecule has 0 atom stereocenters. The van der Waals surface area contributed by atoms with Crippen LogP contribution in [0, 0.1) is 11.3 Å². The maximum atomic E-state index is 12.5. The average molecular weight is 468 g/mol. The van der Waals surface area contributed by atoms with Gasteiger partial charge in [0.15, 0.2) is 0 Å². The minimum Gasteiger partial charge on any atom is -0.488 e. The lowest BCUT2D eigenvalue weighted by Crippen LogP contribution is -2.13. The van der Waals surface area contributed by atoms with Crippen molar-refractivity contribution in [1.82, 2.24) is 0 Å². The summed E-state index contributed by atoms with van der Waals surface area (Å²) in [5.41, 5.74) is 2.05. The number of nitrogens with one attached hydrogen (secondary N) is 1. The summed E-state index contributed by atoms with van der Waals surface area (Å²) in [7, 11) is 0. The predicted molar refractivity (Wildman–Crippen MR) is 119 cm³/mol. The first-order chi connectivity index (χ1) is 14.1. The maximum Gasteiger partial charge on any atom is 0.266 e. The number of carbonyl (C=O) groups is 1. The molecule has 0 fully saturated rings. The molecule has 0 unspecified atom stereocenters. The molecular weight excluding hydrogens is 452 g/mol. The van der Waals surface area contributed by atoms with E-state index < -0.39 is 5.91 Å². The fourth-order valence-electron chi connectivity index (χ4n) is 2.54. The quantitative estimate of drug-likeness (QED) is 0.345. The van der Waals surface area contributed by atoms with Crippen LogP contribution in [0.5, 0.6) is 5.75 Å². The van der Waals surface area contributed by atoms with Gasteiger partial charge in [-0.2, -0.15) is 5.26 Å². The SMILES string of the molecule is N#C/C(=C\c1ccccc1OCc1ccccc1Cl)C(=O)Nc1ccc(Br)cc1. The Balaban J connectivity index is 1.78. The highest BCUT2D eigenvalue weighted by molar-refractivity contribution is 9.10. The number of nitriles is 1. The van der Waals surface area contributed by atoms with Gasteiger partial charge in [0.05, 0.1) is 0 Å². The van der Waals surface area contributed by atoms with Gasteiger partial charge in [0.1, 0.15) is 24.0 Å². The monoisotopic (exact) mass is 466 g/mol. The van der Waals surface area contributed by atoms with Gasteiger partial charge in [0.2, 0.25) is 0 Å². The Morgan fingerprint density at radius 3 is 2.48 bits per heavy atom. The highest BCUT2D eigenvalue weighted by Crippen LogP contribution is 2.24. The van der Waals surface area contributed by atoms with E-state index in [0.717, 1.165) is 10.0 Å². The predicted octanol–water partition coefficient (Wildman–Crippen LogP) is 6.23. The molecule has 144 valence electrons. The summed E-state index contributed by atoms with van der Waals surface area (Å²) in [5, 5.41) is 12.8. The third-order valence-electron chi connectivity index (χ3n) is 4.03. The number of benzene rings is 3. The molecule has 0 aliphatic heterocycles. The Labute approximate surface area is 182 Å². The average Bonchev–Trinajstić information content (AvgIpc) is 2.73. The third kappa shape index (κ3) is 5.71. The normalized spacial score (nSPS) is 10.9. The molecule has 0 radical (unpaired) electrons. The summed E-state index contributed by atoms with van der Waals surface area (Å²) in [4.78, 5) is 12.5. The molecule has 0 aliphatic carbocycles. The van der Waals surface area contributed by atoms with Crippen molar-refractivity contribution in [2.75, 3.05) is 5.32 Å². The molecule has 3 rings (SSSR count). The maximum absolute atomic E-state index is 12.5. The smallest absolute Gasteiger partial charge is 0.266 e. The second kappa shape index (κ2) is 9.92. The molecule has 0 saturated heterocycles. The number of ether oxygens (including phenoxy) is 1. The van der Waals surface area contributed by atoms with E-state index >= 15 is 0 Å². The molecule has 0 spiro atoms. The number of hydrogen-bond donors (Lipinski definition) is 1. The van der Waals surface area contributed by atoms with Crippen LogP contribution in [-0.2, 0) is 11.4 Å². The van der Waals surface area contributed by atoms with Crippen LogP contribution in [0.25, 0.3) is 6.08 Å². The minimum absolute atomic E-state index is 0.0262. The lowest BCUT2D eigenvalue weighted by Gasteiger charge is -2.11. The summed E-state index contributed by atoms with van der Waals surface area (Å²) in [6, 6.07) is 23.7. The van der Waals surface area contributed by atoms with Gasteiger partial charge in [0, 0.05) is 26.3 Å². The zero-order chi connectivity index (χ0) is 20.6. The van der Waals surface area contributed by atoms with E-state index in [0.29, 0.717) is 22.0 Å². The van der Waals surface area contributed by atoms with Crippen LogP contribution in [0.4, 0.5) is 5.69 Å². The van der Waals surface area contributed by atoms with Crippen molar-refractivity contribution in [3.8, 4) is 11.8 Å². The molecule has 1 N–H and O–H groups in total. The zero-order valence-corrected chi connectivity index (χ0v) is 17.6. The standard InChI is InChI=1S/C23H16BrClN2O2/c24-19-9-11-20(12-10-19)27-23(28)18(14-26)13-16-5-2-4-8-22(16)29-15-17-6-1-3-7-21(17)25/h1-13H,15H2,(H,27,28)/b18-13+. The van der Waals surface area contributed by atoms with Crippen molar-refractivity contribution in [1.29, 1.82) is 5.26 Å². The molecule has 0 heterocycles. The van der Waals surface area contributed by atoms with Gasteiger partial charge in [-0.15, -0.1) is 0 Å². The van der Waals surface area contributed by atoms with Gasteiger partial charge in [0.25, 0.3) is 5.91 Å². The number of nitrogens with zero attached hydrogens (tertiary/aromatic N) is 1. The van der Waals surface area contributed by atoms with Crippen molar-refractivity contribution in [3.63, 3.8) is 0 Å². The number of rotatable bonds is 6. The molecule has 4 nitrogen and oxygen atoms in total. The van der Waals surface area contributed by atoms with Crippen molar-refractivity contribution in [3.05, 3.63) is 99.0 Å². The van der Waals surface area contributed by atoms with Crippen LogP contribution in [-0.4, -0.2) is 5.91 Å². The Morgan fingerprint density at radius 1 is 1.07 bits per heavy atom. The lowest BCUT2D eigenvalue weighted by atomic mass is 10.1. The Bertz CT molecular complexity index is 1090. The van der Waals surface area contributed by atoms with Crippen LogP contribution in [0.3, 0.4) is 0 Å². The van der Waals surface area contributed by atoms with Gasteiger partial charge in [-0.3, -0.25) is 4.79 Å². The van der Waals surface area contributed by atoms with Gasteiger partial charge in [-0.05, 0) is 42.5 Å². The highest BCUT2D eigenvalue weighted by atomic mass is 79.9. The topological polar surface area (TPSA) is 62.1 Å². The largest absolute Gasteiger partial charge is 0.488 e. The Morgan fingerprint density at radius 2 is 1.76 bits per heavy atom. The number of carbonyl (C=O) groups excluding carboxylic acids is 1. The van der Waals surface area contributed by atoms with E-state index in [2.05, 4.69) is 21.2 Å². The molecule has 3 aromatic carbocycles. The van der Waals surface area contributed by atoms with Gasteiger partial charge >= 0.3 is 0 Å². The molecule has 0 saturated carbocycles. The van der Waals surface area contributed by atoms with E-state index in [-0.39, 0.29) is 12.2 Å². The molecule has 0 bridgehead atoms. The first-order valence-electron chi connectivity index (χ1n) is 8.71. The molecule has 6 heteroatoms. The number of anilines is 1. The van der Waals surface area contributed by atoms with Crippen molar-refractivity contribution >= 4 is 45.2 Å². The summed E-state index contributed by atoms with van der Waals surface area (Å²) >= 11 is 9.52. The van der Waals surface area contributed by atoms with Gasteiger partial charge in [-0.25, -0.2) is 0 Å². The number of para-hydroxylation sites is 1. The molecule has 29 heavy (non-hydrogen) atoms. The van der Waals surface area contributed by atoms with Crippen molar-refractivity contribution in [2.24, 2.45) is 0 Å². The summed E-state index contributed by atoms with van der Waals surface area (Å²) in [6.45, 7) is 0.275. The molecular formula is C23H16BrClN2O2. The lowest BCUT2D eigenvalue weighted by molar-refractivity contribution is -0.112.